The minimum absolute atomic E-state index is 0.0448. The summed E-state index contributed by atoms with van der Waals surface area (Å²) in [5.74, 6) is -1.06. The quantitative estimate of drug-likeness (QED) is 0.701. The highest BCUT2D eigenvalue weighted by Gasteiger charge is 2.13. The summed E-state index contributed by atoms with van der Waals surface area (Å²) in [6, 6.07) is 9.82. The molecule has 1 aromatic carbocycles. The molecule has 0 saturated heterocycles. The molecule has 0 atom stereocenters. The van der Waals surface area contributed by atoms with Gasteiger partial charge in [-0.1, -0.05) is 18.2 Å². The molecule has 21 heavy (non-hydrogen) atoms. The van der Waals surface area contributed by atoms with Crippen LogP contribution < -0.4 is 0 Å². The van der Waals surface area contributed by atoms with Gasteiger partial charge >= 0.3 is 5.97 Å². The van der Waals surface area contributed by atoms with E-state index in [1.807, 2.05) is 41.9 Å². The lowest BCUT2D eigenvalue weighted by Crippen LogP contribution is -2.01. The van der Waals surface area contributed by atoms with Crippen LogP contribution in [0.5, 0.6) is 0 Å². The number of rotatable bonds is 5. The first kappa shape index (κ1) is 13.6. The molecule has 0 spiro atoms. The van der Waals surface area contributed by atoms with Crippen LogP contribution in [0.15, 0.2) is 41.9 Å². The van der Waals surface area contributed by atoms with E-state index in [1.165, 1.54) is 11.3 Å². The van der Waals surface area contributed by atoms with Gasteiger partial charge in [-0.05, 0) is 23.1 Å². The van der Waals surface area contributed by atoms with Crippen molar-refractivity contribution in [1.29, 1.82) is 0 Å². The molecule has 5 heteroatoms. The maximum Gasteiger partial charge on any atom is 0.303 e. The van der Waals surface area contributed by atoms with Crippen LogP contribution >= 0.6 is 11.3 Å². The summed E-state index contributed by atoms with van der Waals surface area (Å²) < 4.78 is 0. The van der Waals surface area contributed by atoms with Crippen molar-refractivity contribution in [2.24, 2.45) is 0 Å². The number of thiophene rings is 1. The Kier molecular flexibility index (Phi) is 3.58. The van der Waals surface area contributed by atoms with E-state index in [9.17, 15) is 9.59 Å². The molecule has 0 saturated carbocycles. The molecule has 0 unspecified atom stereocenters. The summed E-state index contributed by atoms with van der Waals surface area (Å²) in [5.41, 5.74) is 3.09. The van der Waals surface area contributed by atoms with E-state index >= 15 is 0 Å². The standard InChI is InChI=1S/C16H13NO3S/c18-14(5-6-16(19)20)15-7-10(9-21-15)12-8-17-13-4-2-1-3-11(12)13/h1-4,7-9,17H,5-6H2,(H,19,20). The number of ketones is 1. The van der Waals surface area contributed by atoms with Gasteiger partial charge in [0.15, 0.2) is 5.78 Å². The number of aromatic nitrogens is 1. The Balaban J connectivity index is 1.88. The fraction of sp³-hybridized carbons (Fsp3) is 0.125. The van der Waals surface area contributed by atoms with Crippen molar-refractivity contribution >= 4 is 34.0 Å². The van der Waals surface area contributed by atoms with Crippen molar-refractivity contribution in [2.75, 3.05) is 0 Å². The van der Waals surface area contributed by atoms with Crippen molar-refractivity contribution in [3.8, 4) is 11.1 Å². The zero-order valence-electron chi connectivity index (χ0n) is 11.1. The maximum absolute atomic E-state index is 11.9. The van der Waals surface area contributed by atoms with Crippen LogP contribution in [0, 0.1) is 0 Å². The predicted molar refractivity (Wildman–Crippen MR) is 82.8 cm³/mol. The van der Waals surface area contributed by atoms with E-state index in [-0.39, 0.29) is 18.6 Å². The second-order valence-electron chi connectivity index (χ2n) is 4.76. The van der Waals surface area contributed by atoms with Crippen LogP contribution in [0.2, 0.25) is 0 Å². The summed E-state index contributed by atoms with van der Waals surface area (Å²) in [7, 11) is 0. The number of fused-ring (bicyclic) bond motifs is 1. The number of aromatic amines is 1. The SMILES string of the molecule is O=C(O)CCC(=O)c1cc(-c2c[nH]c3ccccc23)cs1. The minimum Gasteiger partial charge on any atom is -0.481 e. The number of carbonyl (C=O) groups is 2. The third kappa shape index (κ3) is 2.73. The van der Waals surface area contributed by atoms with Gasteiger partial charge in [-0.2, -0.15) is 0 Å². The zero-order chi connectivity index (χ0) is 14.8. The third-order valence-electron chi connectivity index (χ3n) is 3.34. The summed E-state index contributed by atoms with van der Waals surface area (Å²) in [6.07, 6.45) is 1.85. The number of para-hydroxylation sites is 1. The summed E-state index contributed by atoms with van der Waals surface area (Å²) in [6.45, 7) is 0. The lowest BCUT2D eigenvalue weighted by molar-refractivity contribution is -0.136. The Hall–Kier alpha value is -2.40. The molecule has 0 aliphatic rings. The Morgan fingerprint density at radius 2 is 2.00 bits per heavy atom. The van der Waals surface area contributed by atoms with Crippen LogP contribution in [0.3, 0.4) is 0 Å². The number of hydrogen-bond acceptors (Lipinski definition) is 3. The van der Waals surface area contributed by atoms with E-state index in [2.05, 4.69) is 4.98 Å². The van der Waals surface area contributed by atoms with Gasteiger partial charge in [0.05, 0.1) is 11.3 Å². The highest BCUT2D eigenvalue weighted by Crippen LogP contribution is 2.32. The molecular formula is C16H13NO3S. The summed E-state index contributed by atoms with van der Waals surface area (Å²) >= 11 is 1.36. The minimum atomic E-state index is -0.947. The second-order valence-corrected chi connectivity index (χ2v) is 5.68. The average Bonchev–Trinajstić information content (AvgIpc) is 3.10. The van der Waals surface area contributed by atoms with Crippen LogP contribution in [-0.4, -0.2) is 21.8 Å². The van der Waals surface area contributed by atoms with Gasteiger partial charge in [0.2, 0.25) is 0 Å². The number of aliphatic carboxylic acids is 1. The molecule has 0 amide bonds. The first-order chi connectivity index (χ1) is 10.1. The first-order valence-corrected chi connectivity index (χ1v) is 7.43. The van der Waals surface area contributed by atoms with Gasteiger partial charge < -0.3 is 10.1 Å². The topological polar surface area (TPSA) is 70.2 Å². The monoisotopic (exact) mass is 299 g/mol. The predicted octanol–water partition coefficient (Wildman–Crippen LogP) is 3.94. The number of carboxylic acids is 1. The van der Waals surface area contributed by atoms with Gasteiger partial charge in [-0.25, -0.2) is 0 Å². The van der Waals surface area contributed by atoms with E-state index < -0.39 is 5.97 Å². The van der Waals surface area contributed by atoms with Gasteiger partial charge in [-0.15, -0.1) is 11.3 Å². The van der Waals surface area contributed by atoms with E-state index in [0.29, 0.717) is 4.88 Å². The Morgan fingerprint density at radius 1 is 1.19 bits per heavy atom. The summed E-state index contributed by atoms with van der Waals surface area (Å²) in [4.78, 5) is 26.3. The maximum atomic E-state index is 11.9. The number of H-pyrrole nitrogens is 1. The smallest absolute Gasteiger partial charge is 0.303 e. The molecule has 0 aliphatic heterocycles. The van der Waals surface area contributed by atoms with Crippen LogP contribution in [0.1, 0.15) is 22.5 Å². The molecule has 106 valence electrons. The fourth-order valence-electron chi connectivity index (χ4n) is 2.28. The van der Waals surface area contributed by atoms with Crippen molar-refractivity contribution in [3.05, 3.63) is 46.8 Å². The highest BCUT2D eigenvalue weighted by atomic mass is 32.1. The molecule has 3 aromatic rings. The Labute approximate surface area is 125 Å². The molecular weight excluding hydrogens is 286 g/mol. The molecule has 2 N–H and O–H groups in total. The lowest BCUT2D eigenvalue weighted by atomic mass is 10.1. The van der Waals surface area contributed by atoms with Crippen LogP contribution in [-0.2, 0) is 4.79 Å². The number of Topliss-reactive ketones (excluding diaryl/α,β-unsaturated/α-hetero) is 1. The molecule has 2 aromatic heterocycles. The van der Waals surface area contributed by atoms with Crippen molar-refractivity contribution in [2.45, 2.75) is 12.8 Å². The van der Waals surface area contributed by atoms with Crippen molar-refractivity contribution in [3.63, 3.8) is 0 Å². The largest absolute Gasteiger partial charge is 0.481 e. The van der Waals surface area contributed by atoms with Crippen LogP contribution in [0.4, 0.5) is 0 Å². The average molecular weight is 299 g/mol. The summed E-state index contributed by atoms with van der Waals surface area (Å²) in [5, 5.41) is 11.7. The van der Waals surface area contributed by atoms with Crippen molar-refractivity contribution < 1.29 is 14.7 Å². The van der Waals surface area contributed by atoms with Gasteiger partial charge in [-0.3, -0.25) is 9.59 Å². The number of hydrogen-bond donors (Lipinski definition) is 2. The van der Waals surface area contributed by atoms with E-state index in [4.69, 9.17) is 5.11 Å². The third-order valence-corrected chi connectivity index (χ3v) is 4.31. The zero-order valence-corrected chi connectivity index (χ0v) is 11.9. The van der Waals surface area contributed by atoms with Crippen LogP contribution in [0.25, 0.3) is 22.0 Å². The lowest BCUT2D eigenvalue weighted by Gasteiger charge is -1.95. The molecule has 4 nitrogen and oxygen atoms in total. The molecule has 0 fully saturated rings. The number of carbonyl (C=O) groups excluding carboxylic acids is 1. The Morgan fingerprint density at radius 3 is 2.81 bits per heavy atom. The number of carboxylic acid groups (broad SMARTS) is 1. The molecule has 0 radical (unpaired) electrons. The highest BCUT2D eigenvalue weighted by molar-refractivity contribution is 7.12. The van der Waals surface area contributed by atoms with E-state index in [1.54, 1.807) is 0 Å². The molecule has 2 heterocycles. The second kappa shape index (κ2) is 5.54. The first-order valence-electron chi connectivity index (χ1n) is 6.55. The van der Waals surface area contributed by atoms with Gasteiger partial charge in [0.1, 0.15) is 0 Å². The van der Waals surface area contributed by atoms with Gasteiger partial charge in [0, 0.05) is 29.1 Å². The van der Waals surface area contributed by atoms with E-state index in [0.717, 1.165) is 22.0 Å². The fourth-order valence-corrected chi connectivity index (χ4v) is 3.16. The number of benzene rings is 1. The Bertz CT molecular complexity index is 816. The molecule has 0 bridgehead atoms. The normalized spacial score (nSPS) is 10.9. The number of nitrogens with one attached hydrogen (secondary N) is 1. The van der Waals surface area contributed by atoms with Crippen molar-refractivity contribution in [1.82, 2.24) is 4.98 Å². The molecule has 0 aliphatic carbocycles. The van der Waals surface area contributed by atoms with Gasteiger partial charge in [0.25, 0.3) is 0 Å². The molecule has 3 rings (SSSR count).